The lowest BCUT2D eigenvalue weighted by Gasteiger charge is -2.05. The van der Waals surface area contributed by atoms with Crippen LogP contribution in [0.15, 0.2) is 12.4 Å². The Morgan fingerprint density at radius 3 is 2.92 bits per heavy atom. The summed E-state index contributed by atoms with van der Waals surface area (Å²) < 4.78 is 1.60. The maximum Gasteiger partial charge on any atom is 0.234 e. The molecule has 6 heteroatoms. The number of primary amides is 1. The van der Waals surface area contributed by atoms with Crippen molar-refractivity contribution in [2.24, 2.45) is 11.5 Å². The van der Waals surface area contributed by atoms with E-state index in [1.165, 1.54) is 0 Å². The van der Waals surface area contributed by atoms with Gasteiger partial charge in [0.1, 0.15) is 0 Å². The predicted octanol–water partition coefficient (Wildman–Crippen LogP) is -1.52. The molecule has 0 aliphatic rings. The number of amides is 1. The Bertz CT molecular complexity index is 244. The van der Waals surface area contributed by atoms with Crippen LogP contribution in [-0.2, 0) is 11.3 Å². The zero-order valence-corrected chi connectivity index (χ0v) is 6.55. The summed E-state index contributed by atoms with van der Waals surface area (Å²) in [5.74, 6) is -0.491. The molecule has 4 N–H and O–H groups in total. The topological polar surface area (TPSA) is 99.8 Å². The Kier molecular flexibility index (Phi) is 2.76. The van der Waals surface area contributed by atoms with Gasteiger partial charge in [0, 0.05) is 12.7 Å². The van der Waals surface area contributed by atoms with Gasteiger partial charge in [-0.15, -0.1) is 5.10 Å². The van der Waals surface area contributed by atoms with Crippen LogP contribution in [0.25, 0.3) is 0 Å². The van der Waals surface area contributed by atoms with E-state index < -0.39 is 11.9 Å². The summed E-state index contributed by atoms with van der Waals surface area (Å²) in [7, 11) is 0. The van der Waals surface area contributed by atoms with Crippen molar-refractivity contribution < 1.29 is 4.79 Å². The van der Waals surface area contributed by atoms with Gasteiger partial charge in [-0.05, 0) is 6.42 Å². The summed E-state index contributed by atoms with van der Waals surface area (Å²) in [6, 6.07) is -0.603. The lowest BCUT2D eigenvalue weighted by atomic mass is 10.2. The quantitative estimate of drug-likeness (QED) is 0.571. The lowest BCUT2D eigenvalue weighted by molar-refractivity contribution is -0.119. The number of hydrogen-bond acceptors (Lipinski definition) is 4. The molecule has 1 aromatic rings. The molecular formula is C6H11N5O. The molecule has 0 fully saturated rings. The third kappa shape index (κ3) is 2.31. The first-order valence-corrected chi connectivity index (χ1v) is 3.59. The fourth-order valence-corrected chi connectivity index (χ4v) is 0.766. The van der Waals surface area contributed by atoms with Crippen LogP contribution < -0.4 is 11.5 Å². The summed E-state index contributed by atoms with van der Waals surface area (Å²) >= 11 is 0. The van der Waals surface area contributed by atoms with Gasteiger partial charge in [-0.3, -0.25) is 9.48 Å². The number of hydrogen-bond donors (Lipinski definition) is 2. The smallest absolute Gasteiger partial charge is 0.234 e. The molecule has 0 saturated heterocycles. The molecule has 1 rings (SSSR count). The van der Waals surface area contributed by atoms with Crippen molar-refractivity contribution in [2.45, 2.75) is 19.0 Å². The molecule has 12 heavy (non-hydrogen) atoms. The first-order chi connectivity index (χ1) is 5.70. The molecule has 1 aromatic heterocycles. The third-order valence-corrected chi connectivity index (χ3v) is 1.51. The standard InChI is InChI=1S/C6H11N5O/c7-5(6(8)12)1-3-11-4-2-9-10-11/h2,4-5H,1,3,7H2,(H2,8,12)/t5-/m0/s1. The van der Waals surface area contributed by atoms with Gasteiger partial charge in [0.15, 0.2) is 0 Å². The van der Waals surface area contributed by atoms with Gasteiger partial charge >= 0.3 is 0 Å². The molecule has 0 radical (unpaired) electrons. The van der Waals surface area contributed by atoms with Gasteiger partial charge in [-0.2, -0.15) is 0 Å². The van der Waals surface area contributed by atoms with Crippen molar-refractivity contribution in [3.8, 4) is 0 Å². The van der Waals surface area contributed by atoms with Gasteiger partial charge in [0.05, 0.1) is 12.2 Å². The van der Waals surface area contributed by atoms with Crippen molar-refractivity contribution in [3.63, 3.8) is 0 Å². The molecule has 66 valence electrons. The van der Waals surface area contributed by atoms with E-state index in [1.807, 2.05) is 0 Å². The van der Waals surface area contributed by atoms with Crippen molar-refractivity contribution in [3.05, 3.63) is 12.4 Å². The van der Waals surface area contributed by atoms with Crippen molar-refractivity contribution in [1.29, 1.82) is 0 Å². The average Bonchev–Trinajstić information content (AvgIpc) is 2.51. The monoisotopic (exact) mass is 169 g/mol. The number of rotatable bonds is 4. The van der Waals surface area contributed by atoms with Gasteiger partial charge in [0.25, 0.3) is 0 Å². The summed E-state index contributed by atoms with van der Waals surface area (Å²) in [5.41, 5.74) is 10.4. The average molecular weight is 169 g/mol. The van der Waals surface area contributed by atoms with E-state index in [1.54, 1.807) is 17.1 Å². The number of aromatic nitrogens is 3. The van der Waals surface area contributed by atoms with Crippen LogP contribution in [-0.4, -0.2) is 26.9 Å². The van der Waals surface area contributed by atoms with Crippen LogP contribution >= 0.6 is 0 Å². The molecule has 1 atom stereocenters. The van der Waals surface area contributed by atoms with Crippen LogP contribution in [0.2, 0.25) is 0 Å². The van der Waals surface area contributed by atoms with E-state index in [2.05, 4.69) is 10.3 Å². The Hall–Kier alpha value is -1.43. The number of nitrogens with two attached hydrogens (primary N) is 2. The molecule has 6 nitrogen and oxygen atoms in total. The Balaban J connectivity index is 2.31. The molecule has 0 aliphatic carbocycles. The number of carbonyl (C=O) groups is 1. The SMILES string of the molecule is NC(=O)[C@@H](N)CCn1ccnn1. The minimum absolute atomic E-state index is 0.485. The number of nitrogens with zero attached hydrogens (tertiary/aromatic N) is 3. The van der Waals surface area contributed by atoms with Gasteiger partial charge in [-0.1, -0.05) is 5.21 Å². The fraction of sp³-hybridized carbons (Fsp3) is 0.500. The Labute approximate surface area is 69.5 Å². The van der Waals surface area contributed by atoms with Crippen LogP contribution in [0, 0.1) is 0 Å². The van der Waals surface area contributed by atoms with Gasteiger partial charge in [0.2, 0.25) is 5.91 Å². The Morgan fingerprint density at radius 1 is 1.67 bits per heavy atom. The van der Waals surface area contributed by atoms with E-state index in [-0.39, 0.29) is 0 Å². The third-order valence-electron chi connectivity index (χ3n) is 1.51. The number of aryl methyl sites for hydroxylation is 1. The first-order valence-electron chi connectivity index (χ1n) is 3.59. The second kappa shape index (κ2) is 3.82. The Morgan fingerprint density at radius 2 is 2.42 bits per heavy atom. The summed E-state index contributed by atoms with van der Waals surface area (Å²) in [5, 5.41) is 7.31. The van der Waals surface area contributed by atoms with E-state index in [9.17, 15) is 4.79 Å². The van der Waals surface area contributed by atoms with E-state index in [0.29, 0.717) is 13.0 Å². The van der Waals surface area contributed by atoms with Crippen LogP contribution in [0.1, 0.15) is 6.42 Å². The highest BCUT2D eigenvalue weighted by atomic mass is 16.1. The van der Waals surface area contributed by atoms with Crippen LogP contribution in [0.4, 0.5) is 0 Å². The lowest BCUT2D eigenvalue weighted by Crippen LogP contribution is -2.37. The molecule has 0 spiro atoms. The van der Waals surface area contributed by atoms with Crippen molar-refractivity contribution in [2.75, 3.05) is 0 Å². The van der Waals surface area contributed by atoms with E-state index in [0.717, 1.165) is 0 Å². The molecule has 0 saturated carbocycles. The molecule has 0 bridgehead atoms. The van der Waals surface area contributed by atoms with Crippen molar-refractivity contribution in [1.82, 2.24) is 15.0 Å². The first kappa shape index (κ1) is 8.66. The summed E-state index contributed by atoms with van der Waals surface area (Å²) in [6.07, 6.45) is 3.75. The molecule has 0 aromatic carbocycles. The zero-order valence-electron chi connectivity index (χ0n) is 6.55. The molecule has 1 heterocycles. The van der Waals surface area contributed by atoms with Gasteiger partial charge in [-0.25, -0.2) is 0 Å². The predicted molar refractivity (Wildman–Crippen MR) is 41.8 cm³/mol. The highest BCUT2D eigenvalue weighted by Gasteiger charge is 2.08. The maximum atomic E-state index is 10.5. The second-order valence-corrected chi connectivity index (χ2v) is 2.46. The second-order valence-electron chi connectivity index (χ2n) is 2.46. The maximum absolute atomic E-state index is 10.5. The van der Waals surface area contributed by atoms with Crippen LogP contribution in [0.3, 0.4) is 0 Å². The van der Waals surface area contributed by atoms with Crippen molar-refractivity contribution >= 4 is 5.91 Å². The zero-order chi connectivity index (χ0) is 8.97. The number of carbonyl (C=O) groups excluding carboxylic acids is 1. The summed E-state index contributed by atoms with van der Waals surface area (Å²) in [4.78, 5) is 10.5. The minimum atomic E-state index is -0.603. The van der Waals surface area contributed by atoms with Gasteiger partial charge < -0.3 is 11.5 Å². The van der Waals surface area contributed by atoms with Crippen LogP contribution in [0.5, 0.6) is 0 Å². The minimum Gasteiger partial charge on any atom is -0.368 e. The highest BCUT2D eigenvalue weighted by molar-refractivity contribution is 5.79. The molecular weight excluding hydrogens is 158 g/mol. The molecule has 0 unspecified atom stereocenters. The fourth-order valence-electron chi connectivity index (χ4n) is 0.766. The largest absolute Gasteiger partial charge is 0.368 e. The molecule has 1 amide bonds. The highest BCUT2D eigenvalue weighted by Crippen LogP contribution is 1.91. The van der Waals surface area contributed by atoms with E-state index >= 15 is 0 Å². The van der Waals surface area contributed by atoms with E-state index in [4.69, 9.17) is 11.5 Å². The summed E-state index contributed by atoms with van der Waals surface area (Å²) in [6.45, 7) is 0.560. The molecule has 0 aliphatic heterocycles. The normalized spacial score (nSPS) is 12.8.